The first-order chi connectivity index (χ1) is 7.58. The van der Waals surface area contributed by atoms with Crippen LogP contribution in [0.25, 0.3) is 0 Å². The zero-order valence-electron chi connectivity index (χ0n) is 10.3. The lowest BCUT2D eigenvalue weighted by Crippen LogP contribution is -2.31. The number of halogens is 1. The minimum atomic E-state index is -0.0518. The van der Waals surface area contributed by atoms with Crippen molar-refractivity contribution in [1.82, 2.24) is 5.32 Å². The van der Waals surface area contributed by atoms with Gasteiger partial charge in [-0.25, -0.2) is 4.39 Å². The lowest BCUT2D eigenvalue weighted by atomic mass is 9.87. The minimum absolute atomic E-state index is 0.0518. The third-order valence-corrected chi connectivity index (χ3v) is 3.50. The van der Waals surface area contributed by atoms with Crippen molar-refractivity contribution in [2.75, 3.05) is 6.54 Å². The second-order valence-electron chi connectivity index (χ2n) is 5.11. The molecule has 2 unspecified atom stereocenters. The zero-order valence-corrected chi connectivity index (χ0v) is 10.3. The molecule has 1 nitrogen and oxygen atoms in total. The van der Waals surface area contributed by atoms with Crippen molar-refractivity contribution in [3.05, 3.63) is 34.6 Å². The summed E-state index contributed by atoms with van der Waals surface area (Å²) in [6.07, 6.45) is 2.24. The Bertz CT molecular complexity index is 363. The molecule has 2 heteroatoms. The zero-order chi connectivity index (χ0) is 11.7. The van der Waals surface area contributed by atoms with Crippen LogP contribution in [0.3, 0.4) is 0 Å². The fourth-order valence-corrected chi connectivity index (χ4v) is 2.70. The van der Waals surface area contributed by atoms with E-state index in [1.54, 1.807) is 6.07 Å². The molecule has 16 heavy (non-hydrogen) atoms. The molecule has 0 aromatic heterocycles. The van der Waals surface area contributed by atoms with Crippen LogP contribution in [-0.2, 0) is 0 Å². The van der Waals surface area contributed by atoms with E-state index in [1.807, 2.05) is 13.8 Å². The summed E-state index contributed by atoms with van der Waals surface area (Å²) < 4.78 is 14.0. The van der Waals surface area contributed by atoms with Crippen LogP contribution >= 0.6 is 0 Å². The highest BCUT2D eigenvalue weighted by atomic mass is 19.1. The van der Waals surface area contributed by atoms with Crippen molar-refractivity contribution < 1.29 is 4.39 Å². The molecule has 1 aromatic carbocycles. The molecule has 1 fully saturated rings. The fourth-order valence-electron chi connectivity index (χ4n) is 2.70. The Hall–Kier alpha value is -0.890. The number of hydrogen-bond acceptors (Lipinski definition) is 1. The molecule has 1 heterocycles. The second kappa shape index (κ2) is 4.54. The second-order valence-corrected chi connectivity index (χ2v) is 5.11. The Morgan fingerprint density at radius 3 is 2.69 bits per heavy atom. The van der Waals surface area contributed by atoms with E-state index in [1.165, 1.54) is 6.42 Å². The van der Waals surface area contributed by atoms with Crippen LogP contribution in [0, 0.1) is 25.6 Å². The number of benzene rings is 1. The predicted octanol–water partition coefficient (Wildman–Crippen LogP) is 3.50. The SMILES string of the molecule is Cc1cc(C)c(C2CC(C)CCN2)c(F)c1. The van der Waals surface area contributed by atoms with Gasteiger partial charge in [-0.3, -0.25) is 0 Å². The maximum absolute atomic E-state index is 14.0. The molecule has 1 aliphatic heterocycles. The normalized spacial score (nSPS) is 25.8. The molecule has 1 saturated heterocycles. The van der Waals surface area contributed by atoms with E-state index >= 15 is 0 Å². The standard InChI is InChI=1S/C14H20FN/c1-9-4-5-16-13(8-9)14-11(3)6-10(2)7-12(14)15/h6-7,9,13,16H,4-5,8H2,1-3H3. The van der Waals surface area contributed by atoms with E-state index in [9.17, 15) is 4.39 Å². The van der Waals surface area contributed by atoms with Crippen molar-refractivity contribution >= 4 is 0 Å². The first kappa shape index (κ1) is 11.6. The first-order valence-electron chi connectivity index (χ1n) is 6.08. The molecular formula is C14H20FN. The van der Waals surface area contributed by atoms with Crippen LogP contribution in [0.5, 0.6) is 0 Å². The Kier molecular flexibility index (Phi) is 3.29. The molecule has 0 aliphatic carbocycles. The summed E-state index contributed by atoms with van der Waals surface area (Å²) in [7, 11) is 0. The molecule has 1 N–H and O–H groups in total. The van der Waals surface area contributed by atoms with Gasteiger partial charge < -0.3 is 5.32 Å². The number of rotatable bonds is 1. The van der Waals surface area contributed by atoms with Gasteiger partial charge in [0, 0.05) is 11.6 Å². The van der Waals surface area contributed by atoms with E-state index in [2.05, 4.69) is 18.3 Å². The van der Waals surface area contributed by atoms with Gasteiger partial charge in [-0.1, -0.05) is 13.0 Å². The van der Waals surface area contributed by atoms with Crippen LogP contribution in [0.1, 0.15) is 42.5 Å². The van der Waals surface area contributed by atoms with Gasteiger partial charge in [0.1, 0.15) is 5.82 Å². The molecule has 0 amide bonds. The van der Waals surface area contributed by atoms with E-state index in [4.69, 9.17) is 0 Å². The van der Waals surface area contributed by atoms with Crippen LogP contribution < -0.4 is 5.32 Å². The van der Waals surface area contributed by atoms with E-state index < -0.39 is 0 Å². The molecule has 0 saturated carbocycles. The van der Waals surface area contributed by atoms with E-state index in [0.29, 0.717) is 5.92 Å². The topological polar surface area (TPSA) is 12.0 Å². The van der Waals surface area contributed by atoms with E-state index in [-0.39, 0.29) is 11.9 Å². The maximum Gasteiger partial charge on any atom is 0.128 e. The van der Waals surface area contributed by atoms with Crippen molar-refractivity contribution in [2.24, 2.45) is 5.92 Å². The molecule has 2 rings (SSSR count). The Morgan fingerprint density at radius 1 is 1.31 bits per heavy atom. The van der Waals surface area contributed by atoms with Crippen LogP contribution in [0.15, 0.2) is 12.1 Å². The molecule has 88 valence electrons. The van der Waals surface area contributed by atoms with Crippen molar-refractivity contribution in [3.63, 3.8) is 0 Å². The third kappa shape index (κ3) is 2.27. The first-order valence-corrected chi connectivity index (χ1v) is 6.08. The largest absolute Gasteiger partial charge is 0.310 e. The van der Waals surface area contributed by atoms with Gasteiger partial charge >= 0.3 is 0 Å². The van der Waals surface area contributed by atoms with Gasteiger partial charge in [-0.2, -0.15) is 0 Å². The molecule has 0 radical (unpaired) electrons. The van der Waals surface area contributed by atoms with Crippen molar-refractivity contribution in [2.45, 2.75) is 39.7 Å². The average molecular weight is 221 g/mol. The molecule has 1 aromatic rings. The molecule has 2 atom stereocenters. The molecular weight excluding hydrogens is 201 g/mol. The number of piperidine rings is 1. The fraction of sp³-hybridized carbons (Fsp3) is 0.571. The van der Waals surface area contributed by atoms with Crippen LogP contribution in [0.4, 0.5) is 4.39 Å². The number of hydrogen-bond donors (Lipinski definition) is 1. The van der Waals surface area contributed by atoms with Gasteiger partial charge in [0.05, 0.1) is 0 Å². The van der Waals surface area contributed by atoms with Crippen molar-refractivity contribution in [1.29, 1.82) is 0 Å². The van der Waals surface area contributed by atoms with Gasteiger partial charge in [0.2, 0.25) is 0 Å². The minimum Gasteiger partial charge on any atom is -0.310 e. The van der Waals surface area contributed by atoms with Crippen LogP contribution in [-0.4, -0.2) is 6.54 Å². The Labute approximate surface area is 97.1 Å². The van der Waals surface area contributed by atoms with Crippen LogP contribution in [0.2, 0.25) is 0 Å². The lowest BCUT2D eigenvalue weighted by Gasteiger charge is -2.30. The summed E-state index contributed by atoms with van der Waals surface area (Å²) in [4.78, 5) is 0. The van der Waals surface area contributed by atoms with Gasteiger partial charge in [0.25, 0.3) is 0 Å². The monoisotopic (exact) mass is 221 g/mol. The summed E-state index contributed by atoms with van der Waals surface area (Å²) in [6, 6.07) is 3.91. The van der Waals surface area contributed by atoms with Gasteiger partial charge in [0.15, 0.2) is 0 Å². The average Bonchev–Trinajstić information content (AvgIpc) is 2.15. The summed E-state index contributed by atoms with van der Waals surface area (Å²) in [6.45, 7) is 7.19. The number of aryl methyl sites for hydroxylation is 2. The van der Waals surface area contributed by atoms with Gasteiger partial charge in [-0.05, 0) is 56.3 Å². The lowest BCUT2D eigenvalue weighted by molar-refractivity contribution is 0.318. The highest BCUT2D eigenvalue weighted by Crippen LogP contribution is 2.31. The smallest absolute Gasteiger partial charge is 0.128 e. The number of nitrogens with one attached hydrogen (secondary N) is 1. The maximum atomic E-state index is 14.0. The summed E-state index contributed by atoms with van der Waals surface area (Å²) >= 11 is 0. The molecule has 1 aliphatic rings. The van der Waals surface area contributed by atoms with Crippen molar-refractivity contribution in [3.8, 4) is 0 Å². The quantitative estimate of drug-likeness (QED) is 0.765. The highest BCUT2D eigenvalue weighted by molar-refractivity contribution is 5.34. The highest BCUT2D eigenvalue weighted by Gasteiger charge is 2.23. The summed E-state index contributed by atoms with van der Waals surface area (Å²) in [5.41, 5.74) is 2.95. The van der Waals surface area contributed by atoms with Gasteiger partial charge in [-0.15, -0.1) is 0 Å². The Morgan fingerprint density at radius 2 is 2.06 bits per heavy atom. The van der Waals surface area contributed by atoms with E-state index in [0.717, 1.165) is 29.7 Å². The third-order valence-electron chi connectivity index (χ3n) is 3.50. The molecule has 0 bridgehead atoms. The summed E-state index contributed by atoms with van der Waals surface area (Å²) in [5, 5.41) is 3.43. The predicted molar refractivity (Wildman–Crippen MR) is 65.0 cm³/mol. The summed E-state index contributed by atoms with van der Waals surface area (Å²) in [5.74, 6) is 0.635. The Balaban J connectivity index is 2.32. The molecule has 0 spiro atoms.